The third-order valence-corrected chi connectivity index (χ3v) is 10.7. The lowest BCUT2D eigenvalue weighted by molar-refractivity contribution is -0.728. The number of azo groups is 2. The Morgan fingerprint density at radius 3 is 1.80 bits per heavy atom. The van der Waals surface area contributed by atoms with Gasteiger partial charge in [-0.15, -0.1) is 9.80 Å². The van der Waals surface area contributed by atoms with E-state index in [4.69, 9.17) is 21.2 Å². The molecular formula is C41H60N12S2+2. The highest BCUT2D eigenvalue weighted by molar-refractivity contribution is 8.16. The predicted octanol–water partition coefficient (Wildman–Crippen LogP) is 9.20. The number of hydrazine groups is 1. The quantitative estimate of drug-likeness (QED) is 0.0291. The molecule has 1 aromatic heterocycles. The van der Waals surface area contributed by atoms with Gasteiger partial charge in [0.15, 0.2) is 0 Å². The molecule has 12 nitrogen and oxygen atoms in total. The van der Waals surface area contributed by atoms with Crippen LogP contribution >= 0.6 is 23.1 Å². The molecule has 0 bridgehead atoms. The van der Waals surface area contributed by atoms with Crippen LogP contribution in [0.3, 0.4) is 0 Å². The van der Waals surface area contributed by atoms with Crippen LogP contribution in [0.1, 0.15) is 66.5 Å². The average Bonchev–Trinajstić information content (AvgIpc) is 3.52. The third kappa shape index (κ3) is 12.2. The lowest BCUT2D eigenvalue weighted by atomic mass is 10.0. The number of amidine groups is 1. The van der Waals surface area contributed by atoms with Crippen molar-refractivity contribution in [3.63, 3.8) is 0 Å². The van der Waals surface area contributed by atoms with Crippen molar-refractivity contribution in [3.8, 4) is 0 Å². The summed E-state index contributed by atoms with van der Waals surface area (Å²) in [5.41, 5.74) is 8.97. The molecule has 0 saturated heterocycles. The van der Waals surface area contributed by atoms with Crippen LogP contribution in [0.25, 0.3) is 0 Å². The van der Waals surface area contributed by atoms with Crippen LogP contribution in [0.15, 0.2) is 104 Å². The van der Waals surface area contributed by atoms with E-state index in [1.807, 2.05) is 81.4 Å². The molecule has 0 unspecified atom stereocenters. The number of hydrogen-bond acceptors (Lipinski definition) is 11. The first-order chi connectivity index (χ1) is 26.2. The van der Waals surface area contributed by atoms with Crippen molar-refractivity contribution in [1.82, 2.24) is 10.5 Å². The molecule has 4 aromatic rings. The Morgan fingerprint density at radius 1 is 0.782 bits per heavy atom. The molecular weight excluding hydrogens is 725 g/mol. The fourth-order valence-corrected chi connectivity index (χ4v) is 8.31. The van der Waals surface area contributed by atoms with Crippen LogP contribution in [0, 0.1) is 0 Å². The van der Waals surface area contributed by atoms with Crippen LogP contribution in [-0.4, -0.2) is 67.2 Å². The molecule has 0 aliphatic heterocycles. The van der Waals surface area contributed by atoms with Crippen LogP contribution in [0.5, 0.6) is 0 Å². The van der Waals surface area contributed by atoms with Crippen molar-refractivity contribution in [1.29, 1.82) is 0 Å². The van der Waals surface area contributed by atoms with E-state index in [1.54, 1.807) is 11.3 Å². The number of nitrogens with one attached hydrogen (secondary N) is 1. The summed E-state index contributed by atoms with van der Waals surface area (Å²) >= 11 is 3.04. The van der Waals surface area contributed by atoms with Gasteiger partial charge < -0.3 is 14.7 Å². The first-order valence-electron chi connectivity index (χ1n) is 18.8. The molecule has 0 aliphatic carbocycles. The summed E-state index contributed by atoms with van der Waals surface area (Å²) in [5, 5.41) is 27.1. The van der Waals surface area contributed by atoms with Gasteiger partial charge in [0.25, 0.3) is 0 Å². The van der Waals surface area contributed by atoms with E-state index >= 15 is 0 Å². The number of thioether (sulfide) groups is 1. The number of aromatic nitrogens is 2. The van der Waals surface area contributed by atoms with E-state index in [-0.39, 0.29) is 24.2 Å². The molecule has 0 spiro atoms. The summed E-state index contributed by atoms with van der Waals surface area (Å²) in [5.74, 6) is 6.14. The van der Waals surface area contributed by atoms with Gasteiger partial charge in [0.1, 0.15) is 17.3 Å². The van der Waals surface area contributed by atoms with Crippen molar-refractivity contribution < 1.29 is 9.26 Å². The van der Waals surface area contributed by atoms with Crippen molar-refractivity contribution in [3.05, 3.63) is 95.0 Å². The molecule has 0 amide bonds. The number of anilines is 3. The van der Waals surface area contributed by atoms with E-state index in [2.05, 4.69) is 121 Å². The van der Waals surface area contributed by atoms with E-state index in [1.165, 1.54) is 11.8 Å². The fraction of sp³-hybridized carbons (Fsp3) is 0.439. The lowest BCUT2D eigenvalue weighted by Crippen LogP contribution is -2.42. The SMILES string of the molecule is CC(C)N(c1n[n+](Cc2ccccc2CC=C(N=Nc2ccc(N(C)C)cc2)SC(NN)=[N+](C(C)C)C(C)C)c(N=Nc2ccc(N(C)C)cc2)s1)C(C)C. The van der Waals surface area contributed by atoms with Crippen LogP contribution in [0.2, 0.25) is 0 Å². The van der Waals surface area contributed by atoms with Gasteiger partial charge in [0, 0.05) is 63.4 Å². The first kappa shape index (κ1) is 43.1. The van der Waals surface area contributed by atoms with Crippen LogP contribution < -0.4 is 30.6 Å². The Balaban J connectivity index is 1.73. The Hall–Kier alpha value is -4.66. The maximum atomic E-state index is 6.14. The molecule has 14 heteroatoms. The summed E-state index contributed by atoms with van der Waals surface area (Å²) in [6, 6.07) is 25.5. The van der Waals surface area contributed by atoms with Crippen molar-refractivity contribution in [2.45, 2.75) is 92.5 Å². The fourth-order valence-electron chi connectivity index (χ4n) is 6.15. The maximum Gasteiger partial charge on any atom is 0.432 e. The minimum atomic E-state index is 0.224. The van der Waals surface area contributed by atoms with Gasteiger partial charge >= 0.3 is 10.3 Å². The molecule has 294 valence electrons. The van der Waals surface area contributed by atoms with E-state index < -0.39 is 0 Å². The first-order valence-corrected chi connectivity index (χ1v) is 20.5. The van der Waals surface area contributed by atoms with Gasteiger partial charge in [-0.3, -0.25) is 4.58 Å². The topological polar surface area (TPSA) is 117 Å². The van der Waals surface area contributed by atoms with Crippen molar-refractivity contribution >= 4 is 61.3 Å². The molecule has 0 fully saturated rings. The molecule has 3 aromatic carbocycles. The molecule has 4 rings (SSSR count). The Labute approximate surface area is 336 Å². The zero-order valence-electron chi connectivity index (χ0n) is 34.6. The second kappa shape index (κ2) is 20.3. The molecule has 55 heavy (non-hydrogen) atoms. The number of rotatable bonds is 16. The standard InChI is InChI=1S/C41H59N12S2/c1-28(2)52(29(3)4)39(43-42)54-38(46-44-34-18-22-36(23-19-34)49(9)10)26-17-32-15-13-14-16-33(32)27-51-40(55-41(48-51)53(30(5)6)31(7)8)47-45-35-20-24-37(25-21-35)50(11)12/h13-16,18-26,28-31H,17,27,42H2,1-12H3/q+1/p+1. The van der Waals surface area contributed by atoms with Crippen LogP contribution in [0.4, 0.5) is 33.0 Å². The molecule has 0 atom stereocenters. The Kier molecular flexibility index (Phi) is 15.9. The monoisotopic (exact) mass is 784 g/mol. The normalized spacial score (nSPS) is 12.2. The van der Waals surface area contributed by atoms with Crippen molar-refractivity contribution in [2.24, 2.45) is 26.3 Å². The smallest absolute Gasteiger partial charge is 0.378 e. The van der Waals surface area contributed by atoms with E-state index in [0.29, 0.717) is 13.0 Å². The number of nitrogens with zero attached hydrogens (tertiary/aromatic N) is 10. The number of allylic oxidation sites excluding steroid dienone is 1. The van der Waals surface area contributed by atoms with Gasteiger partial charge in [-0.1, -0.05) is 29.4 Å². The van der Waals surface area contributed by atoms with Gasteiger partial charge in [-0.25, -0.2) is 0 Å². The third-order valence-electron chi connectivity index (χ3n) is 8.80. The van der Waals surface area contributed by atoms with Crippen LogP contribution in [-0.2, 0) is 13.0 Å². The van der Waals surface area contributed by atoms with Gasteiger partial charge in [-0.05, 0) is 144 Å². The zero-order chi connectivity index (χ0) is 40.2. The van der Waals surface area contributed by atoms with E-state index in [9.17, 15) is 0 Å². The summed E-state index contributed by atoms with van der Waals surface area (Å²) < 4.78 is 4.22. The largest absolute Gasteiger partial charge is 0.432 e. The minimum absolute atomic E-state index is 0.224. The minimum Gasteiger partial charge on any atom is -0.378 e. The summed E-state index contributed by atoms with van der Waals surface area (Å²) in [6.07, 6.45) is 2.74. The van der Waals surface area contributed by atoms with Gasteiger partial charge in [0.05, 0.1) is 22.9 Å². The number of nitrogens with two attached hydrogens (primary N) is 1. The Bertz CT molecular complexity index is 1920. The number of benzene rings is 3. The zero-order valence-corrected chi connectivity index (χ0v) is 36.2. The molecule has 0 aliphatic rings. The second-order valence-electron chi connectivity index (χ2n) is 14.8. The highest BCUT2D eigenvalue weighted by Gasteiger charge is 2.27. The Morgan fingerprint density at radius 2 is 1.31 bits per heavy atom. The average molecular weight is 785 g/mol. The predicted molar refractivity (Wildman–Crippen MR) is 233 cm³/mol. The van der Waals surface area contributed by atoms with Crippen molar-refractivity contribution in [2.75, 3.05) is 42.9 Å². The lowest BCUT2D eigenvalue weighted by Gasteiger charge is -2.29. The highest BCUT2D eigenvalue weighted by Crippen LogP contribution is 2.31. The summed E-state index contributed by atoms with van der Waals surface area (Å²) in [4.78, 5) is 6.45. The maximum absolute atomic E-state index is 6.14. The molecule has 3 N–H and O–H groups in total. The summed E-state index contributed by atoms with van der Waals surface area (Å²) in [6.45, 7) is 17.9. The highest BCUT2D eigenvalue weighted by atomic mass is 32.2. The summed E-state index contributed by atoms with van der Waals surface area (Å²) in [7, 11) is 8.09. The van der Waals surface area contributed by atoms with Gasteiger partial charge in [-0.2, -0.15) is 16.4 Å². The van der Waals surface area contributed by atoms with Gasteiger partial charge in [0.2, 0.25) is 5.13 Å². The molecule has 1 heterocycles. The number of hydrogen-bond donors (Lipinski definition) is 2. The van der Waals surface area contributed by atoms with E-state index in [0.717, 1.165) is 54.3 Å². The second-order valence-corrected chi connectivity index (χ2v) is 16.7. The molecule has 0 saturated carbocycles. The molecule has 0 radical (unpaired) electrons.